The fraction of sp³-hybridized carbons (Fsp3) is 0.462. The van der Waals surface area contributed by atoms with Crippen LogP contribution in [0.5, 0.6) is 11.5 Å². The van der Waals surface area contributed by atoms with Gasteiger partial charge >= 0.3 is 0 Å². The number of fused-ring (bicyclic) bond motifs is 1. The van der Waals surface area contributed by atoms with Gasteiger partial charge < -0.3 is 25.3 Å². The molecule has 1 aromatic carbocycles. The summed E-state index contributed by atoms with van der Waals surface area (Å²) in [4.78, 5) is 4.27. The average molecular weight is 265 g/mol. The van der Waals surface area contributed by atoms with Gasteiger partial charge in [0.15, 0.2) is 17.5 Å². The lowest BCUT2D eigenvalue weighted by Gasteiger charge is -2.13. The van der Waals surface area contributed by atoms with Gasteiger partial charge in [0.1, 0.15) is 0 Å². The first-order chi connectivity index (χ1) is 9.19. The van der Waals surface area contributed by atoms with Gasteiger partial charge in [-0.1, -0.05) is 6.07 Å². The highest BCUT2D eigenvalue weighted by molar-refractivity contribution is 5.78. The molecule has 0 aromatic heterocycles. The van der Waals surface area contributed by atoms with Crippen molar-refractivity contribution in [3.63, 3.8) is 0 Å². The standard InChI is InChI=1S/C13H19N3O3/c1-9(7-17-2)16-13(14)15-6-10-3-4-11-12(5-10)19-8-18-11/h3-5,9H,6-8H2,1-2H3,(H3,14,15,16). The molecule has 0 aliphatic carbocycles. The molecular weight excluding hydrogens is 246 g/mol. The van der Waals surface area contributed by atoms with Crippen LogP contribution in [0.2, 0.25) is 0 Å². The normalized spacial score (nSPS) is 15.4. The van der Waals surface area contributed by atoms with Crippen LogP contribution in [0.15, 0.2) is 23.2 Å². The van der Waals surface area contributed by atoms with Crippen molar-refractivity contribution in [3.05, 3.63) is 23.8 Å². The second-order valence-corrected chi connectivity index (χ2v) is 4.39. The molecule has 6 heteroatoms. The van der Waals surface area contributed by atoms with Crippen molar-refractivity contribution in [1.29, 1.82) is 0 Å². The van der Waals surface area contributed by atoms with E-state index in [-0.39, 0.29) is 12.8 Å². The predicted molar refractivity (Wildman–Crippen MR) is 72.4 cm³/mol. The third kappa shape index (κ3) is 3.75. The minimum atomic E-state index is 0.130. The summed E-state index contributed by atoms with van der Waals surface area (Å²) in [7, 11) is 1.65. The summed E-state index contributed by atoms with van der Waals surface area (Å²) >= 11 is 0. The first-order valence-electron chi connectivity index (χ1n) is 6.13. The number of nitrogens with zero attached hydrogens (tertiary/aromatic N) is 1. The molecule has 19 heavy (non-hydrogen) atoms. The zero-order chi connectivity index (χ0) is 13.7. The van der Waals surface area contributed by atoms with Crippen LogP contribution in [0.25, 0.3) is 0 Å². The summed E-state index contributed by atoms with van der Waals surface area (Å²) in [6, 6.07) is 5.87. The fourth-order valence-electron chi connectivity index (χ4n) is 1.81. The lowest BCUT2D eigenvalue weighted by Crippen LogP contribution is -2.40. The number of rotatable bonds is 5. The van der Waals surface area contributed by atoms with E-state index in [2.05, 4.69) is 10.3 Å². The molecule has 1 atom stereocenters. The maximum atomic E-state index is 5.79. The molecule has 1 aromatic rings. The van der Waals surface area contributed by atoms with E-state index in [1.807, 2.05) is 25.1 Å². The monoisotopic (exact) mass is 265 g/mol. The van der Waals surface area contributed by atoms with E-state index in [9.17, 15) is 0 Å². The summed E-state index contributed by atoms with van der Waals surface area (Å²) in [6.45, 7) is 3.34. The van der Waals surface area contributed by atoms with Crippen molar-refractivity contribution < 1.29 is 14.2 Å². The van der Waals surface area contributed by atoms with Crippen LogP contribution in [-0.4, -0.2) is 32.5 Å². The summed E-state index contributed by atoms with van der Waals surface area (Å²) in [6.07, 6.45) is 0. The smallest absolute Gasteiger partial charge is 0.231 e. The van der Waals surface area contributed by atoms with Crippen molar-refractivity contribution in [2.75, 3.05) is 20.5 Å². The highest BCUT2D eigenvalue weighted by atomic mass is 16.7. The Morgan fingerprint density at radius 3 is 3.05 bits per heavy atom. The van der Waals surface area contributed by atoms with Crippen molar-refractivity contribution in [1.82, 2.24) is 5.32 Å². The van der Waals surface area contributed by atoms with Crippen LogP contribution < -0.4 is 20.5 Å². The predicted octanol–water partition coefficient (Wildman–Crippen LogP) is 0.855. The largest absolute Gasteiger partial charge is 0.454 e. The number of ether oxygens (including phenoxy) is 3. The molecule has 3 N–H and O–H groups in total. The van der Waals surface area contributed by atoms with Crippen LogP contribution in [0.4, 0.5) is 0 Å². The minimum absolute atomic E-state index is 0.130. The molecule has 1 unspecified atom stereocenters. The van der Waals surface area contributed by atoms with E-state index in [4.69, 9.17) is 19.9 Å². The van der Waals surface area contributed by atoms with Gasteiger partial charge in [-0.2, -0.15) is 0 Å². The Balaban J connectivity index is 1.90. The second-order valence-electron chi connectivity index (χ2n) is 4.39. The van der Waals surface area contributed by atoms with Crippen LogP contribution in [0, 0.1) is 0 Å². The van der Waals surface area contributed by atoms with E-state index in [0.29, 0.717) is 19.1 Å². The lowest BCUT2D eigenvalue weighted by atomic mass is 10.2. The van der Waals surface area contributed by atoms with Crippen molar-refractivity contribution >= 4 is 5.96 Å². The molecule has 1 aliphatic rings. The number of hydrogen-bond acceptors (Lipinski definition) is 4. The molecule has 6 nitrogen and oxygen atoms in total. The molecular formula is C13H19N3O3. The molecule has 0 saturated carbocycles. The zero-order valence-corrected chi connectivity index (χ0v) is 11.2. The number of hydrogen-bond donors (Lipinski definition) is 2. The minimum Gasteiger partial charge on any atom is -0.454 e. The lowest BCUT2D eigenvalue weighted by molar-refractivity contribution is 0.174. The van der Waals surface area contributed by atoms with E-state index < -0.39 is 0 Å². The number of methoxy groups -OCH3 is 1. The molecule has 104 valence electrons. The zero-order valence-electron chi connectivity index (χ0n) is 11.2. The van der Waals surface area contributed by atoms with Gasteiger partial charge in [0, 0.05) is 13.2 Å². The number of benzene rings is 1. The number of nitrogens with two attached hydrogens (primary N) is 1. The van der Waals surface area contributed by atoms with Gasteiger partial charge in [-0.25, -0.2) is 4.99 Å². The van der Waals surface area contributed by atoms with Crippen LogP contribution in [0.3, 0.4) is 0 Å². The quantitative estimate of drug-likeness (QED) is 0.609. The molecule has 2 rings (SSSR count). The Morgan fingerprint density at radius 2 is 2.26 bits per heavy atom. The SMILES string of the molecule is COCC(C)NC(N)=NCc1ccc2c(c1)OCO2. The van der Waals surface area contributed by atoms with Crippen molar-refractivity contribution in [2.45, 2.75) is 19.5 Å². The Morgan fingerprint density at radius 1 is 1.47 bits per heavy atom. The molecule has 0 bridgehead atoms. The Kier molecular flexibility index (Phi) is 4.46. The van der Waals surface area contributed by atoms with Gasteiger partial charge in [0.05, 0.1) is 13.2 Å². The summed E-state index contributed by atoms with van der Waals surface area (Å²) < 4.78 is 15.6. The molecule has 0 saturated heterocycles. The van der Waals surface area contributed by atoms with Crippen molar-refractivity contribution in [2.24, 2.45) is 10.7 Å². The Labute approximate surface area is 112 Å². The molecule has 0 radical (unpaired) electrons. The molecule has 0 fully saturated rings. The number of guanidine groups is 1. The van der Waals surface area contributed by atoms with Gasteiger partial charge in [0.2, 0.25) is 6.79 Å². The van der Waals surface area contributed by atoms with Gasteiger partial charge in [0.25, 0.3) is 0 Å². The van der Waals surface area contributed by atoms with Crippen LogP contribution >= 0.6 is 0 Å². The van der Waals surface area contributed by atoms with Gasteiger partial charge in [-0.15, -0.1) is 0 Å². The first kappa shape index (κ1) is 13.5. The maximum absolute atomic E-state index is 5.79. The fourth-order valence-corrected chi connectivity index (χ4v) is 1.81. The Hall–Kier alpha value is -1.95. The third-order valence-electron chi connectivity index (χ3n) is 2.68. The van der Waals surface area contributed by atoms with Gasteiger partial charge in [-0.05, 0) is 24.6 Å². The molecule has 0 spiro atoms. The Bertz CT molecular complexity index is 462. The maximum Gasteiger partial charge on any atom is 0.231 e. The first-order valence-corrected chi connectivity index (χ1v) is 6.13. The third-order valence-corrected chi connectivity index (χ3v) is 2.68. The van der Waals surface area contributed by atoms with Crippen LogP contribution in [-0.2, 0) is 11.3 Å². The van der Waals surface area contributed by atoms with Gasteiger partial charge in [-0.3, -0.25) is 0 Å². The summed E-state index contributed by atoms with van der Waals surface area (Å²) in [5.74, 6) is 1.93. The summed E-state index contributed by atoms with van der Waals surface area (Å²) in [5.41, 5.74) is 6.81. The molecule has 1 aliphatic heterocycles. The number of aliphatic imine (C=N–C) groups is 1. The van der Waals surface area contributed by atoms with E-state index >= 15 is 0 Å². The van der Waals surface area contributed by atoms with E-state index in [1.54, 1.807) is 7.11 Å². The molecule has 0 amide bonds. The highest BCUT2D eigenvalue weighted by Crippen LogP contribution is 2.32. The van der Waals surface area contributed by atoms with E-state index in [0.717, 1.165) is 17.1 Å². The van der Waals surface area contributed by atoms with Crippen molar-refractivity contribution in [3.8, 4) is 11.5 Å². The summed E-state index contributed by atoms with van der Waals surface area (Å²) in [5, 5.41) is 3.05. The highest BCUT2D eigenvalue weighted by Gasteiger charge is 2.12. The average Bonchev–Trinajstić information content (AvgIpc) is 2.83. The van der Waals surface area contributed by atoms with Crippen LogP contribution in [0.1, 0.15) is 12.5 Å². The second kappa shape index (κ2) is 6.29. The topological polar surface area (TPSA) is 78.1 Å². The number of nitrogens with one attached hydrogen (secondary N) is 1. The van der Waals surface area contributed by atoms with E-state index in [1.165, 1.54) is 0 Å². The molecule has 1 heterocycles.